The van der Waals surface area contributed by atoms with Crippen LogP contribution in [0.1, 0.15) is 47.5 Å². The Labute approximate surface area is 120 Å². The van der Waals surface area contributed by atoms with E-state index in [1.807, 2.05) is 0 Å². The second-order valence-corrected chi connectivity index (χ2v) is 6.06. The monoisotopic (exact) mass is 324 g/mol. The quantitative estimate of drug-likeness (QED) is 0.501. The fourth-order valence-corrected chi connectivity index (χ4v) is 1.56. The van der Waals surface area contributed by atoms with Gasteiger partial charge in [-0.2, -0.15) is 26.3 Å². The Morgan fingerprint density at radius 2 is 1.29 bits per heavy atom. The van der Waals surface area contributed by atoms with Gasteiger partial charge < -0.3 is 9.47 Å². The van der Waals surface area contributed by atoms with Gasteiger partial charge in [-0.05, 0) is 33.1 Å². The molecule has 0 saturated carbocycles. The fourth-order valence-electron chi connectivity index (χ4n) is 1.56. The molecule has 0 bridgehead atoms. The van der Waals surface area contributed by atoms with Crippen molar-refractivity contribution in [3.8, 4) is 0 Å². The van der Waals surface area contributed by atoms with Gasteiger partial charge in [-0.3, -0.25) is 0 Å². The van der Waals surface area contributed by atoms with E-state index in [1.165, 1.54) is 34.6 Å². The van der Waals surface area contributed by atoms with Gasteiger partial charge in [0.2, 0.25) is 0 Å². The van der Waals surface area contributed by atoms with Crippen molar-refractivity contribution >= 4 is 0 Å². The normalized spacial score (nSPS) is 16.1. The Balaban J connectivity index is 5.40. The summed E-state index contributed by atoms with van der Waals surface area (Å²) in [4.78, 5) is 0. The van der Waals surface area contributed by atoms with E-state index in [9.17, 15) is 26.3 Å². The molecule has 0 saturated heterocycles. The van der Waals surface area contributed by atoms with Crippen LogP contribution in [0.15, 0.2) is 0 Å². The highest BCUT2D eigenvalue weighted by atomic mass is 19.4. The number of hydrogen-bond donors (Lipinski definition) is 0. The summed E-state index contributed by atoms with van der Waals surface area (Å²) in [5.41, 5.74) is -5.11. The second kappa shape index (κ2) is 6.73. The van der Waals surface area contributed by atoms with E-state index in [-0.39, 0.29) is 6.42 Å². The molecule has 0 fully saturated rings. The summed E-state index contributed by atoms with van der Waals surface area (Å²) < 4.78 is 87.6. The molecule has 128 valence electrons. The third-order valence-electron chi connectivity index (χ3n) is 3.05. The lowest BCUT2D eigenvalue weighted by Crippen LogP contribution is -2.60. The van der Waals surface area contributed by atoms with E-state index >= 15 is 0 Å². The fraction of sp³-hybridized carbons (Fsp3) is 1.00. The Morgan fingerprint density at radius 3 is 1.57 bits per heavy atom. The van der Waals surface area contributed by atoms with E-state index in [0.29, 0.717) is 0 Å². The van der Waals surface area contributed by atoms with Crippen LogP contribution < -0.4 is 0 Å². The number of hydrogen-bond acceptors (Lipinski definition) is 2. The van der Waals surface area contributed by atoms with Gasteiger partial charge in [-0.25, -0.2) is 0 Å². The molecule has 0 aromatic carbocycles. The minimum Gasteiger partial charge on any atom is -0.350 e. The average molecular weight is 324 g/mol. The van der Waals surface area contributed by atoms with E-state index in [2.05, 4.69) is 4.74 Å². The van der Waals surface area contributed by atoms with Crippen molar-refractivity contribution in [3.05, 3.63) is 0 Å². The van der Waals surface area contributed by atoms with Crippen molar-refractivity contribution in [2.24, 2.45) is 5.92 Å². The van der Waals surface area contributed by atoms with Gasteiger partial charge in [0.25, 0.3) is 5.60 Å². The molecule has 8 heteroatoms. The van der Waals surface area contributed by atoms with Crippen LogP contribution in [-0.2, 0) is 9.47 Å². The van der Waals surface area contributed by atoms with Crippen molar-refractivity contribution in [2.75, 3.05) is 6.79 Å². The average Bonchev–Trinajstić information content (AvgIpc) is 2.22. The first kappa shape index (κ1) is 20.5. The van der Waals surface area contributed by atoms with Crippen LogP contribution in [0.2, 0.25) is 0 Å². The smallest absolute Gasteiger partial charge is 0.350 e. The Hall–Kier alpha value is -0.500. The molecule has 0 aliphatic carbocycles. The molecule has 0 aliphatic heterocycles. The van der Waals surface area contributed by atoms with Crippen LogP contribution in [0.25, 0.3) is 0 Å². The van der Waals surface area contributed by atoms with Gasteiger partial charge in [0, 0.05) is 0 Å². The molecule has 0 aromatic rings. The molecule has 0 heterocycles. The molecule has 0 spiro atoms. The van der Waals surface area contributed by atoms with Crippen LogP contribution in [0.4, 0.5) is 26.3 Å². The van der Waals surface area contributed by atoms with Crippen LogP contribution in [-0.4, -0.2) is 30.3 Å². The maximum absolute atomic E-state index is 13.1. The molecule has 0 amide bonds. The molecule has 1 unspecified atom stereocenters. The molecule has 21 heavy (non-hydrogen) atoms. The lowest BCUT2D eigenvalue weighted by atomic mass is 9.88. The van der Waals surface area contributed by atoms with Crippen LogP contribution in [0.3, 0.4) is 0 Å². The van der Waals surface area contributed by atoms with Crippen molar-refractivity contribution < 1.29 is 35.8 Å². The van der Waals surface area contributed by atoms with Gasteiger partial charge >= 0.3 is 12.4 Å². The highest BCUT2D eigenvalue weighted by molar-refractivity contribution is 4.96. The molecule has 0 N–H and O–H groups in total. The molecule has 2 nitrogen and oxygen atoms in total. The summed E-state index contributed by atoms with van der Waals surface area (Å²) in [5.74, 6) is -0.803. The molecule has 0 aliphatic rings. The van der Waals surface area contributed by atoms with E-state index < -0.39 is 42.7 Å². The van der Waals surface area contributed by atoms with E-state index in [0.717, 1.165) is 0 Å². The largest absolute Gasteiger partial charge is 0.426 e. The van der Waals surface area contributed by atoms with Gasteiger partial charge in [0.05, 0.1) is 5.60 Å². The number of halogens is 6. The van der Waals surface area contributed by atoms with Crippen LogP contribution in [0.5, 0.6) is 0 Å². The van der Waals surface area contributed by atoms with Gasteiger partial charge in [0.1, 0.15) is 6.79 Å². The summed E-state index contributed by atoms with van der Waals surface area (Å²) in [6.07, 6.45) is -12.2. The summed E-state index contributed by atoms with van der Waals surface area (Å²) in [7, 11) is 0. The summed E-state index contributed by atoms with van der Waals surface area (Å²) >= 11 is 0. The van der Waals surface area contributed by atoms with Crippen LogP contribution >= 0.6 is 0 Å². The molecule has 1 atom stereocenters. The first-order chi connectivity index (χ1) is 9.16. The lowest BCUT2D eigenvalue weighted by molar-refractivity contribution is -0.400. The van der Waals surface area contributed by atoms with Crippen molar-refractivity contribution in [3.63, 3.8) is 0 Å². The molecule has 0 rings (SSSR count). The first-order valence-corrected chi connectivity index (χ1v) is 6.57. The maximum atomic E-state index is 13.1. The highest BCUT2D eigenvalue weighted by Crippen LogP contribution is 2.49. The first-order valence-electron chi connectivity index (χ1n) is 6.57. The topological polar surface area (TPSA) is 18.5 Å². The van der Waals surface area contributed by atoms with Crippen LogP contribution in [0, 0.1) is 5.92 Å². The third kappa shape index (κ3) is 5.65. The Bertz CT molecular complexity index is 302. The highest BCUT2D eigenvalue weighted by Gasteiger charge is 2.72. The van der Waals surface area contributed by atoms with Crippen molar-refractivity contribution in [2.45, 2.75) is 71.0 Å². The van der Waals surface area contributed by atoms with Crippen molar-refractivity contribution in [1.82, 2.24) is 0 Å². The Morgan fingerprint density at radius 1 is 0.857 bits per heavy atom. The SMILES string of the molecule is CCC(C)CC(OCOC(C)(C)C)(C(F)(F)F)C(F)(F)F. The molecular weight excluding hydrogens is 302 g/mol. The summed E-state index contributed by atoms with van der Waals surface area (Å²) in [6, 6.07) is 0. The number of ether oxygens (including phenoxy) is 2. The molecule has 0 radical (unpaired) electrons. The summed E-state index contributed by atoms with van der Waals surface area (Å²) in [5, 5.41) is 0. The maximum Gasteiger partial charge on any atom is 0.426 e. The zero-order valence-electron chi connectivity index (χ0n) is 12.8. The number of alkyl halides is 6. The van der Waals surface area contributed by atoms with Crippen molar-refractivity contribution in [1.29, 1.82) is 0 Å². The minimum absolute atomic E-state index is 0.178. The minimum atomic E-state index is -5.57. The second-order valence-electron chi connectivity index (χ2n) is 6.06. The zero-order valence-corrected chi connectivity index (χ0v) is 12.8. The molecule has 0 aromatic heterocycles. The molecular formula is C13H22F6O2. The van der Waals surface area contributed by atoms with E-state index in [4.69, 9.17) is 4.74 Å². The Kier molecular flexibility index (Phi) is 6.57. The predicted octanol–water partition coefficient (Wildman–Crippen LogP) is 5.08. The third-order valence-corrected chi connectivity index (χ3v) is 3.05. The van der Waals surface area contributed by atoms with Gasteiger partial charge in [-0.15, -0.1) is 0 Å². The van der Waals surface area contributed by atoms with E-state index in [1.54, 1.807) is 0 Å². The predicted molar refractivity (Wildman–Crippen MR) is 65.7 cm³/mol. The van der Waals surface area contributed by atoms with Gasteiger partial charge in [-0.1, -0.05) is 20.3 Å². The van der Waals surface area contributed by atoms with Gasteiger partial charge in [0.15, 0.2) is 0 Å². The standard InChI is InChI=1S/C13H22F6O2/c1-6-9(2)7-11(12(14,15)16,13(17,18)19)21-8-20-10(3,4)5/h9H,6-8H2,1-5H3. The number of rotatable bonds is 6. The zero-order chi connectivity index (χ0) is 17.1. The lowest BCUT2D eigenvalue weighted by Gasteiger charge is -2.39. The summed E-state index contributed by atoms with van der Waals surface area (Å²) in [6.45, 7) is 6.28.